The van der Waals surface area contributed by atoms with Crippen LogP contribution in [0.3, 0.4) is 0 Å². The summed E-state index contributed by atoms with van der Waals surface area (Å²) in [5, 5.41) is -0.111. The van der Waals surface area contributed by atoms with Crippen molar-refractivity contribution in [3.8, 4) is 0 Å². The van der Waals surface area contributed by atoms with E-state index < -0.39 is 6.43 Å². The van der Waals surface area contributed by atoms with Crippen LogP contribution in [0.1, 0.15) is 0 Å². The van der Waals surface area contributed by atoms with Gasteiger partial charge in [-0.3, -0.25) is 0 Å². The molecule has 0 aliphatic carbocycles. The molecule has 0 aromatic heterocycles. The van der Waals surface area contributed by atoms with E-state index in [4.69, 9.17) is 0 Å². The van der Waals surface area contributed by atoms with Crippen molar-refractivity contribution < 1.29 is 8.78 Å². The Kier molecular flexibility index (Phi) is 2.83. The zero-order valence-electron chi connectivity index (χ0n) is 2.62. The molecule has 0 heterocycles. The van der Waals surface area contributed by atoms with Gasteiger partial charge in [-0.15, -0.1) is 0 Å². The van der Waals surface area contributed by atoms with Crippen LogP contribution in [0.25, 0.3) is 0 Å². The van der Waals surface area contributed by atoms with Gasteiger partial charge in [0.1, 0.15) is 16.3 Å². The van der Waals surface area contributed by atoms with E-state index in [0.717, 1.165) is 0 Å². The van der Waals surface area contributed by atoms with Crippen LogP contribution in [-0.2, 0) is 0 Å². The van der Waals surface area contributed by atoms with Crippen LogP contribution >= 0.6 is 0 Å². The average molecular weight is 92.0 g/mol. The van der Waals surface area contributed by atoms with E-state index in [9.17, 15) is 8.78 Å². The van der Waals surface area contributed by atoms with Gasteiger partial charge in [-0.1, -0.05) is 5.28 Å². The maximum atomic E-state index is 10.7. The molecule has 2 radical (unpaired) electrons. The lowest BCUT2D eigenvalue weighted by atomic mass is 10.9. The molecule has 0 aliphatic heterocycles. The highest BCUT2D eigenvalue weighted by molar-refractivity contribution is 6.08. The zero-order valence-corrected chi connectivity index (χ0v) is 3.77. The van der Waals surface area contributed by atoms with E-state index in [1.165, 1.54) is 0 Å². The Morgan fingerprint density at radius 1 is 1.60 bits per heavy atom. The molecule has 0 bridgehead atoms. The highest BCUT2D eigenvalue weighted by Gasteiger charge is 1.90. The molecular formula is C2H3AlF2. The Hall–Kier alpha value is 0.392. The molecule has 0 saturated carbocycles. The molecule has 0 aromatic rings. The SMILES string of the molecule is FC(F)[CH2][Al]. The molecule has 0 nitrogen and oxygen atoms in total. The van der Waals surface area contributed by atoms with E-state index in [2.05, 4.69) is 0 Å². The summed E-state index contributed by atoms with van der Waals surface area (Å²) in [6, 6.07) is 0. The van der Waals surface area contributed by atoms with Crippen molar-refractivity contribution in [2.24, 2.45) is 0 Å². The Morgan fingerprint density at radius 2 is 1.80 bits per heavy atom. The van der Waals surface area contributed by atoms with Crippen LogP contribution in [0.4, 0.5) is 8.78 Å². The molecule has 0 amide bonds. The molecule has 3 heteroatoms. The molecule has 0 N–H and O–H groups in total. The normalized spacial score (nSPS) is 9.40. The van der Waals surface area contributed by atoms with Gasteiger partial charge in [-0.2, -0.15) is 0 Å². The third-order valence-electron chi connectivity index (χ3n) is 0.178. The third-order valence-corrected chi connectivity index (χ3v) is 0.535. The van der Waals surface area contributed by atoms with Crippen molar-refractivity contribution in [1.29, 1.82) is 0 Å². The zero-order chi connectivity index (χ0) is 4.28. The second-order valence-corrected chi connectivity index (χ2v) is 1.10. The lowest BCUT2D eigenvalue weighted by Gasteiger charge is -1.82. The number of alkyl halides is 2. The Labute approximate surface area is 37.6 Å². The minimum absolute atomic E-state index is 0.111. The van der Waals surface area contributed by atoms with Crippen molar-refractivity contribution in [2.75, 3.05) is 0 Å². The minimum Gasteiger partial charge on any atom is -0.212 e. The highest BCUT2D eigenvalue weighted by atomic mass is 27.0. The second kappa shape index (κ2) is 2.62. The van der Waals surface area contributed by atoms with Gasteiger partial charge in [-0.05, 0) is 0 Å². The van der Waals surface area contributed by atoms with E-state index in [0.29, 0.717) is 0 Å². The number of rotatable bonds is 1. The molecule has 0 aliphatic rings. The van der Waals surface area contributed by atoms with Gasteiger partial charge in [0, 0.05) is 0 Å². The molecular weight excluding hydrogens is 89.0 g/mol. The number of hydrogen-bond donors (Lipinski definition) is 0. The second-order valence-electron chi connectivity index (χ2n) is 0.627. The van der Waals surface area contributed by atoms with Gasteiger partial charge in [0.15, 0.2) is 0 Å². The van der Waals surface area contributed by atoms with E-state index in [-0.39, 0.29) is 5.28 Å². The molecule has 0 unspecified atom stereocenters. The van der Waals surface area contributed by atoms with Crippen LogP contribution in [0.2, 0.25) is 5.28 Å². The Bertz CT molecular complexity index is 21.6. The van der Waals surface area contributed by atoms with Gasteiger partial charge in [0.25, 0.3) is 0 Å². The van der Waals surface area contributed by atoms with Gasteiger partial charge in [-0.25, -0.2) is 8.78 Å². The monoisotopic (exact) mass is 92.0 g/mol. The van der Waals surface area contributed by atoms with Gasteiger partial charge in [0.2, 0.25) is 6.43 Å². The summed E-state index contributed by atoms with van der Waals surface area (Å²) >= 11 is 1.94. The number of halogens is 2. The van der Waals surface area contributed by atoms with Gasteiger partial charge in [0.05, 0.1) is 0 Å². The Balaban J connectivity index is 2.54. The fourth-order valence-corrected chi connectivity index (χ4v) is 0. The lowest BCUT2D eigenvalue weighted by molar-refractivity contribution is 0.172. The van der Waals surface area contributed by atoms with E-state index in [1.807, 2.05) is 16.3 Å². The lowest BCUT2D eigenvalue weighted by Crippen LogP contribution is -1.83. The maximum Gasteiger partial charge on any atom is 0.225 e. The largest absolute Gasteiger partial charge is 0.225 e. The first-order valence-electron chi connectivity index (χ1n) is 1.25. The summed E-state index contributed by atoms with van der Waals surface area (Å²) in [4.78, 5) is 0. The fourth-order valence-electron chi connectivity index (χ4n) is 0. The molecule has 0 rings (SSSR count). The summed E-state index contributed by atoms with van der Waals surface area (Å²) in [7, 11) is 0. The molecule has 0 atom stereocenters. The predicted molar refractivity (Wildman–Crippen MR) is 16.6 cm³/mol. The smallest absolute Gasteiger partial charge is 0.212 e. The quantitative estimate of drug-likeness (QED) is 0.420. The van der Waals surface area contributed by atoms with Crippen molar-refractivity contribution in [1.82, 2.24) is 0 Å². The molecule has 28 valence electrons. The topological polar surface area (TPSA) is 0 Å². The molecule has 0 spiro atoms. The summed E-state index contributed by atoms with van der Waals surface area (Å²) < 4.78 is 21.5. The van der Waals surface area contributed by atoms with Crippen LogP contribution in [-0.4, -0.2) is 22.7 Å². The van der Waals surface area contributed by atoms with Gasteiger partial charge >= 0.3 is 0 Å². The van der Waals surface area contributed by atoms with E-state index >= 15 is 0 Å². The number of hydrogen-bond acceptors (Lipinski definition) is 0. The molecule has 0 aromatic carbocycles. The van der Waals surface area contributed by atoms with Crippen molar-refractivity contribution in [3.63, 3.8) is 0 Å². The first-order valence-corrected chi connectivity index (χ1v) is 2.07. The third kappa shape index (κ3) is 4.39. The molecule has 0 fully saturated rings. The fraction of sp³-hybridized carbons (Fsp3) is 1.00. The van der Waals surface area contributed by atoms with Crippen molar-refractivity contribution in [3.05, 3.63) is 0 Å². The van der Waals surface area contributed by atoms with E-state index in [1.54, 1.807) is 0 Å². The highest BCUT2D eigenvalue weighted by Crippen LogP contribution is 1.92. The van der Waals surface area contributed by atoms with Crippen molar-refractivity contribution >= 4 is 16.3 Å². The first-order chi connectivity index (χ1) is 2.27. The van der Waals surface area contributed by atoms with Crippen LogP contribution in [0.15, 0.2) is 0 Å². The molecule has 5 heavy (non-hydrogen) atoms. The summed E-state index contributed by atoms with van der Waals surface area (Å²) in [5.74, 6) is 0. The first kappa shape index (κ1) is 5.39. The standard InChI is InChI=1S/C2H3F2.Al/c1-2(3)4;/h2H,1H2;. The van der Waals surface area contributed by atoms with Crippen LogP contribution in [0.5, 0.6) is 0 Å². The summed E-state index contributed by atoms with van der Waals surface area (Å²) in [6.45, 7) is 0. The Morgan fingerprint density at radius 3 is 1.80 bits per heavy atom. The average Bonchev–Trinajstić information content (AvgIpc) is 1.38. The summed E-state index contributed by atoms with van der Waals surface area (Å²) in [5.41, 5.74) is 0. The van der Waals surface area contributed by atoms with Crippen molar-refractivity contribution in [2.45, 2.75) is 11.7 Å². The molecule has 0 saturated heterocycles. The summed E-state index contributed by atoms with van der Waals surface area (Å²) in [6.07, 6.45) is -2.15. The minimum atomic E-state index is -2.15. The van der Waals surface area contributed by atoms with Gasteiger partial charge < -0.3 is 0 Å². The maximum absolute atomic E-state index is 10.7. The predicted octanol–water partition coefficient (Wildman–Crippen LogP) is 0.838. The van der Waals surface area contributed by atoms with Crippen LogP contribution in [0, 0.1) is 0 Å². The van der Waals surface area contributed by atoms with Crippen LogP contribution < -0.4 is 0 Å².